The zero-order chi connectivity index (χ0) is 9.07. The number of alkyl halides is 2. The lowest BCUT2D eigenvalue weighted by Crippen LogP contribution is -2.57. The Morgan fingerprint density at radius 3 is 1.75 bits per heavy atom. The van der Waals surface area contributed by atoms with Crippen molar-refractivity contribution < 1.29 is 13.6 Å². The van der Waals surface area contributed by atoms with Gasteiger partial charge in [0, 0.05) is 6.92 Å². The molecule has 5 heteroatoms. The number of hydrogen-bond donors (Lipinski definition) is 0. The third kappa shape index (κ3) is 4.18. The van der Waals surface area contributed by atoms with Crippen molar-refractivity contribution in [1.82, 2.24) is 4.90 Å². The van der Waals surface area contributed by atoms with Crippen molar-refractivity contribution in [1.29, 1.82) is 0 Å². The molecule has 0 aromatic heterocycles. The minimum Gasteiger partial charge on any atom is -0.331 e. The van der Waals surface area contributed by atoms with Gasteiger partial charge in [0.15, 0.2) is 0 Å². The van der Waals surface area contributed by atoms with E-state index >= 15 is 0 Å². The van der Waals surface area contributed by atoms with Crippen molar-refractivity contribution in [3.8, 4) is 0 Å². The van der Waals surface area contributed by atoms with Crippen molar-refractivity contribution in [3.05, 3.63) is 0 Å². The second-order valence-electron chi connectivity index (χ2n) is 2.23. The molecule has 1 saturated heterocycles. The van der Waals surface area contributed by atoms with Crippen LogP contribution in [0.4, 0.5) is 8.78 Å². The summed E-state index contributed by atoms with van der Waals surface area (Å²) in [4.78, 5) is 11.4. The first-order chi connectivity index (χ1) is 5.01. The van der Waals surface area contributed by atoms with Crippen LogP contribution in [0.15, 0.2) is 0 Å². The first-order valence-electron chi connectivity index (χ1n) is 3.65. The summed E-state index contributed by atoms with van der Waals surface area (Å²) in [6, 6.07) is 0. The smallest absolute Gasteiger partial charge is 0.282 e. The molecule has 1 fully saturated rings. The summed E-state index contributed by atoms with van der Waals surface area (Å²) in [6.07, 6.45) is 0. The summed E-state index contributed by atoms with van der Waals surface area (Å²) >= 11 is 0. The summed E-state index contributed by atoms with van der Waals surface area (Å²) in [5, 5.41) is 0. The Hall–Kier alpha value is 0.0600. The van der Waals surface area contributed by atoms with Gasteiger partial charge in [-0.3, -0.25) is 4.79 Å². The van der Waals surface area contributed by atoms with Crippen molar-refractivity contribution in [2.45, 2.75) is 26.7 Å². The lowest BCUT2D eigenvalue weighted by Gasteiger charge is -2.37. The van der Waals surface area contributed by atoms with Gasteiger partial charge >= 0.3 is 0 Å². The molecule has 0 unspecified atom stereocenters. The molecule has 1 aliphatic rings. The van der Waals surface area contributed by atoms with Crippen molar-refractivity contribution in [3.63, 3.8) is 0 Å². The molecule has 1 aliphatic heterocycles. The minimum atomic E-state index is -2.62. The molecule has 0 aromatic carbocycles. The first kappa shape index (κ1) is 14.6. The SMILES string of the molecule is CC.CC(=O)N1CC(F)(F)C1.I. The molecule has 0 bridgehead atoms. The van der Waals surface area contributed by atoms with Crippen LogP contribution in [0.25, 0.3) is 0 Å². The summed E-state index contributed by atoms with van der Waals surface area (Å²) in [6.45, 7) is 4.49. The van der Waals surface area contributed by atoms with E-state index in [1.807, 2.05) is 13.8 Å². The fourth-order valence-electron chi connectivity index (χ4n) is 0.735. The van der Waals surface area contributed by atoms with Crippen molar-refractivity contribution in [2.75, 3.05) is 13.1 Å². The van der Waals surface area contributed by atoms with E-state index in [1.54, 1.807) is 0 Å². The summed E-state index contributed by atoms with van der Waals surface area (Å²) in [5.74, 6) is -2.90. The fraction of sp³-hybridized carbons (Fsp3) is 0.857. The number of hydrogen-bond acceptors (Lipinski definition) is 1. The average Bonchev–Trinajstić information content (AvgIpc) is 1.87. The molecule has 0 N–H and O–H groups in total. The molecule has 2 nitrogen and oxygen atoms in total. The van der Waals surface area contributed by atoms with Crippen LogP contribution in [0.2, 0.25) is 0 Å². The Labute approximate surface area is 88.3 Å². The first-order valence-corrected chi connectivity index (χ1v) is 3.65. The van der Waals surface area contributed by atoms with Gasteiger partial charge in [-0.15, -0.1) is 24.0 Å². The van der Waals surface area contributed by atoms with E-state index in [4.69, 9.17) is 0 Å². The van der Waals surface area contributed by atoms with E-state index in [-0.39, 0.29) is 29.9 Å². The van der Waals surface area contributed by atoms with Gasteiger partial charge in [-0.2, -0.15) is 0 Å². The predicted octanol–water partition coefficient (Wildman–Crippen LogP) is 2.13. The molecule has 1 amide bonds. The number of rotatable bonds is 0. The van der Waals surface area contributed by atoms with Gasteiger partial charge in [0.1, 0.15) is 0 Å². The Bertz CT molecular complexity index is 144. The highest BCUT2D eigenvalue weighted by atomic mass is 127. The molecule has 1 heterocycles. The van der Waals surface area contributed by atoms with Gasteiger partial charge in [0.05, 0.1) is 13.1 Å². The average molecular weight is 293 g/mol. The summed E-state index contributed by atoms with van der Waals surface area (Å²) in [7, 11) is 0. The fourth-order valence-corrected chi connectivity index (χ4v) is 0.735. The second-order valence-corrected chi connectivity index (χ2v) is 2.23. The van der Waals surface area contributed by atoms with E-state index in [0.29, 0.717) is 0 Å². The topological polar surface area (TPSA) is 20.3 Å². The van der Waals surface area contributed by atoms with Gasteiger partial charge in [-0.05, 0) is 0 Å². The maximum atomic E-state index is 12.0. The zero-order valence-corrected chi connectivity index (χ0v) is 9.76. The van der Waals surface area contributed by atoms with E-state index in [2.05, 4.69) is 0 Å². The molecule has 0 atom stereocenters. The van der Waals surface area contributed by atoms with Crippen LogP contribution < -0.4 is 0 Å². The molecular formula is C7H14F2INO. The van der Waals surface area contributed by atoms with Gasteiger partial charge in [-0.25, -0.2) is 8.78 Å². The molecule has 0 saturated carbocycles. The number of nitrogens with zero attached hydrogens (tertiary/aromatic N) is 1. The van der Waals surface area contributed by atoms with E-state index < -0.39 is 19.0 Å². The molecule has 0 aliphatic carbocycles. The Balaban J connectivity index is 0. The molecular weight excluding hydrogens is 279 g/mol. The monoisotopic (exact) mass is 293 g/mol. The minimum absolute atomic E-state index is 0. The van der Waals surface area contributed by atoms with Crippen LogP contribution in [0.1, 0.15) is 20.8 Å². The lowest BCUT2D eigenvalue weighted by molar-refractivity contribution is -0.163. The standard InChI is InChI=1S/C5H7F2NO.C2H6.HI/c1-4(9)8-2-5(6,7)3-8;1-2;/h2-3H2,1H3;1-2H3;1H. The number of amides is 1. The van der Waals surface area contributed by atoms with Crippen molar-refractivity contribution in [2.24, 2.45) is 0 Å². The maximum absolute atomic E-state index is 12.0. The predicted molar refractivity (Wildman–Crippen MR) is 54.0 cm³/mol. The Kier molecular flexibility index (Phi) is 6.88. The Morgan fingerprint density at radius 2 is 1.67 bits per heavy atom. The van der Waals surface area contributed by atoms with Gasteiger partial charge in [-0.1, -0.05) is 13.8 Å². The number of carbonyl (C=O) groups excluding carboxylic acids is 1. The molecule has 0 aromatic rings. The molecule has 0 spiro atoms. The van der Waals surface area contributed by atoms with E-state index in [1.165, 1.54) is 6.92 Å². The highest BCUT2D eigenvalue weighted by Gasteiger charge is 2.44. The molecule has 74 valence electrons. The summed E-state index contributed by atoms with van der Waals surface area (Å²) < 4.78 is 23.9. The van der Waals surface area contributed by atoms with Crippen LogP contribution in [-0.4, -0.2) is 29.8 Å². The van der Waals surface area contributed by atoms with Crippen LogP contribution in [0.5, 0.6) is 0 Å². The molecule has 1 rings (SSSR count). The van der Waals surface area contributed by atoms with Crippen LogP contribution in [0.3, 0.4) is 0 Å². The highest BCUT2D eigenvalue weighted by molar-refractivity contribution is 14.0. The van der Waals surface area contributed by atoms with Crippen LogP contribution in [0, 0.1) is 0 Å². The zero-order valence-electron chi connectivity index (χ0n) is 7.43. The van der Waals surface area contributed by atoms with Gasteiger partial charge in [0.25, 0.3) is 5.92 Å². The number of carbonyl (C=O) groups is 1. The van der Waals surface area contributed by atoms with Gasteiger partial charge < -0.3 is 4.90 Å². The quantitative estimate of drug-likeness (QED) is 0.627. The molecule has 0 radical (unpaired) electrons. The third-order valence-corrected chi connectivity index (χ3v) is 1.29. The Morgan fingerprint density at radius 1 is 1.33 bits per heavy atom. The molecule has 12 heavy (non-hydrogen) atoms. The highest BCUT2D eigenvalue weighted by Crippen LogP contribution is 2.25. The second kappa shape index (κ2) is 5.66. The van der Waals surface area contributed by atoms with Crippen molar-refractivity contribution >= 4 is 29.9 Å². The van der Waals surface area contributed by atoms with Crippen LogP contribution in [-0.2, 0) is 4.79 Å². The number of halogens is 3. The van der Waals surface area contributed by atoms with Crippen LogP contribution >= 0.6 is 24.0 Å². The number of likely N-dealkylation sites (tertiary alicyclic amines) is 1. The maximum Gasteiger partial charge on any atom is 0.282 e. The normalized spacial score (nSPS) is 17.9. The largest absolute Gasteiger partial charge is 0.331 e. The van der Waals surface area contributed by atoms with E-state index in [0.717, 1.165) is 4.90 Å². The van der Waals surface area contributed by atoms with Gasteiger partial charge in [0.2, 0.25) is 5.91 Å². The van der Waals surface area contributed by atoms with E-state index in [9.17, 15) is 13.6 Å². The third-order valence-electron chi connectivity index (χ3n) is 1.29. The lowest BCUT2D eigenvalue weighted by atomic mass is 10.1. The summed E-state index contributed by atoms with van der Waals surface area (Å²) in [5.41, 5.74) is 0.